The molecule has 1 saturated carbocycles. The van der Waals surface area contributed by atoms with E-state index in [9.17, 15) is 0 Å². The lowest BCUT2D eigenvalue weighted by molar-refractivity contribution is 0.209. The maximum atomic E-state index is 5.85. The summed E-state index contributed by atoms with van der Waals surface area (Å²) in [6.45, 7) is 0. The highest BCUT2D eigenvalue weighted by Crippen LogP contribution is 2.25. The van der Waals surface area contributed by atoms with E-state index in [1.165, 1.54) is 25.7 Å². The first-order valence-corrected chi connectivity index (χ1v) is 5.12. The molecule has 2 rings (SSSR count). The van der Waals surface area contributed by atoms with Crippen molar-refractivity contribution >= 4 is 0 Å². The van der Waals surface area contributed by atoms with Gasteiger partial charge < -0.3 is 4.74 Å². The minimum Gasteiger partial charge on any atom is -0.489 e. The Morgan fingerprint density at radius 1 is 1.21 bits per heavy atom. The van der Waals surface area contributed by atoms with Gasteiger partial charge in [0, 0.05) is 0 Å². The van der Waals surface area contributed by atoms with Crippen molar-refractivity contribution in [1.82, 2.24) is 0 Å². The van der Waals surface area contributed by atoms with Gasteiger partial charge >= 0.3 is 0 Å². The fourth-order valence-electron chi connectivity index (χ4n) is 1.87. The van der Waals surface area contributed by atoms with Crippen LogP contribution in [0, 0.1) is 12.3 Å². The zero-order chi connectivity index (χ0) is 9.80. The van der Waals surface area contributed by atoms with E-state index in [-0.39, 0.29) is 0 Å². The van der Waals surface area contributed by atoms with Gasteiger partial charge in [-0.15, -0.1) is 6.42 Å². The van der Waals surface area contributed by atoms with Gasteiger partial charge in [-0.2, -0.15) is 0 Å². The highest BCUT2D eigenvalue weighted by Gasteiger charge is 2.17. The number of benzene rings is 1. The summed E-state index contributed by atoms with van der Waals surface area (Å²) < 4.78 is 5.85. The summed E-state index contributed by atoms with van der Waals surface area (Å²) in [6, 6.07) is 7.78. The van der Waals surface area contributed by atoms with Crippen LogP contribution in [0.4, 0.5) is 0 Å². The molecule has 0 aromatic heterocycles. The standard InChI is InChI=1S/C13H14O/c1-2-11-7-3-6-10-13(11)14-12-8-4-5-9-12/h1,3,6-7,10,12H,4-5,8-9H2. The maximum Gasteiger partial charge on any atom is 0.135 e. The number of terminal acetylenes is 1. The molecule has 0 saturated heterocycles. The zero-order valence-electron chi connectivity index (χ0n) is 8.20. The van der Waals surface area contributed by atoms with E-state index in [4.69, 9.17) is 11.2 Å². The predicted octanol–water partition coefficient (Wildman–Crippen LogP) is 2.99. The summed E-state index contributed by atoms with van der Waals surface area (Å²) in [5.41, 5.74) is 0.861. The van der Waals surface area contributed by atoms with Crippen LogP contribution in [0.5, 0.6) is 5.75 Å². The third kappa shape index (κ3) is 1.90. The molecule has 0 radical (unpaired) electrons. The van der Waals surface area contributed by atoms with E-state index in [2.05, 4.69) is 5.92 Å². The van der Waals surface area contributed by atoms with E-state index in [0.717, 1.165) is 11.3 Å². The quantitative estimate of drug-likeness (QED) is 0.645. The molecular weight excluding hydrogens is 172 g/mol. The summed E-state index contributed by atoms with van der Waals surface area (Å²) in [6.07, 6.45) is 10.7. The highest BCUT2D eigenvalue weighted by molar-refractivity contribution is 5.44. The van der Waals surface area contributed by atoms with E-state index in [1.807, 2.05) is 24.3 Å². The molecule has 0 N–H and O–H groups in total. The Hall–Kier alpha value is -1.42. The Bertz CT molecular complexity index is 342. The minimum atomic E-state index is 0.379. The maximum absolute atomic E-state index is 5.85. The predicted molar refractivity (Wildman–Crippen MR) is 57.3 cm³/mol. The van der Waals surface area contributed by atoms with Gasteiger partial charge in [0.05, 0.1) is 11.7 Å². The number of rotatable bonds is 2. The normalized spacial score (nSPS) is 16.5. The van der Waals surface area contributed by atoms with Crippen molar-refractivity contribution in [1.29, 1.82) is 0 Å². The number of hydrogen-bond acceptors (Lipinski definition) is 1. The average molecular weight is 186 g/mol. The van der Waals surface area contributed by atoms with Crippen molar-refractivity contribution in [2.45, 2.75) is 31.8 Å². The van der Waals surface area contributed by atoms with Gasteiger partial charge in [0.2, 0.25) is 0 Å². The van der Waals surface area contributed by atoms with Gasteiger partial charge in [0.15, 0.2) is 0 Å². The number of ether oxygens (including phenoxy) is 1. The third-order valence-corrected chi connectivity index (χ3v) is 2.64. The highest BCUT2D eigenvalue weighted by atomic mass is 16.5. The van der Waals surface area contributed by atoms with Crippen LogP contribution in [-0.2, 0) is 0 Å². The molecule has 0 bridgehead atoms. The van der Waals surface area contributed by atoms with Crippen molar-refractivity contribution in [2.75, 3.05) is 0 Å². The van der Waals surface area contributed by atoms with Crippen molar-refractivity contribution in [3.63, 3.8) is 0 Å². The van der Waals surface area contributed by atoms with Crippen LogP contribution in [0.3, 0.4) is 0 Å². The van der Waals surface area contributed by atoms with Gasteiger partial charge in [-0.3, -0.25) is 0 Å². The average Bonchev–Trinajstić information content (AvgIpc) is 2.71. The molecule has 1 aromatic rings. The monoisotopic (exact) mass is 186 g/mol. The molecule has 0 amide bonds. The Morgan fingerprint density at radius 3 is 2.64 bits per heavy atom. The largest absolute Gasteiger partial charge is 0.489 e. The molecule has 1 fully saturated rings. The number of para-hydroxylation sites is 1. The van der Waals surface area contributed by atoms with Gasteiger partial charge in [-0.1, -0.05) is 18.1 Å². The van der Waals surface area contributed by atoms with E-state index in [0.29, 0.717) is 6.10 Å². The van der Waals surface area contributed by atoms with Crippen molar-refractivity contribution in [3.8, 4) is 18.1 Å². The van der Waals surface area contributed by atoms with Gasteiger partial charge in [-0.25, -0.2) is 0 Å². The lowest BCUT2D eigenvalue weighted by Crippen LogP contribution is -2.11. The van der Waals surface area contributed by atoms with Crippen LogP contribution in [0.2, 0.25) is 0 Å². The molecule has 0 spiro atoms. The first-order valence-electron chi connectivity index (χ1n) is 5.12. The molecular formula is C13H14O. The lowest BCUT2D eigenvalue weighted by atomic mass is 10.2. The molecule has 1 heteroatoms. The van der Waals surface area contributed by atoms with Gasteiger partial charge in [-0.05, 0) is 37.8 Å². The molecule has 1 nitrogen and oxygen atoms in total. The molecule has 72 valence electrons. The molecule has 14 heavy (non-hydrogen) atoms. The topological polar surface area (TPSA) is 9.23 Å². The minimum absolute atomic E-state index is 0.379. The van der Waals surface area contributed by atoms with Gasteiger partial charge in [0.1, 0.15) is 5.75 Å². The molecule has 0 heterocycles. The molecule has 0 unspecified atom stereocenters. The Kier molecular flexibility index (Phi) is 2.74. The Morgan fingerprint density at radius 2 is 1.93 bits per heavy atom. The first-order chi connectivity index (χ1) is 6.90. The summed E-state index contributed by atoms with van der Waals surface area (Å²) in [5.74, 6) is 3.51. The van der Waals surface area contributed by atoms with Crippen LogP contribution < -0.4 is 4.74 Å². The number of hydrogen-bond donors (Lipinski definition) is 0. The second kappa shape index (κ2) is 4.19. The smallest absolute Gasteiger partial charge is 0.135 e. The summed E-state index contributed by atoms with van der Waals surface area (Å²) in [7, 11) is 0. The van der Waals surface area contributed by atoms with Crippen molar-refractivity contribution < 1.29 is 4.74 Å². The van der Waals surface area contributed by atoms with Crippen LogP contribution in [0.15, 0.2) is 24.3 Å². The van der Waals surface area contributed by atoms with Crippen molar-refractivity contribution in [3.05, 3.63) is 29.8 Å². The Balaban J connectivity index is 2.11. The second-order valence-electron chi connectivity index (χ2n) is 3.66. The second-order valence-corrected chi connectivity index (χ2v) is 3.66. The van der Waals surface area contributed by atoms with E-state index >= 15 is 0 Å². The Labute approximate surface area is 85.1 Å². The van der Waals surface area contributed by atoms with E-state index < -0.39 is 0 Å². The van der Waals surface area contributed by atoms with Gasteiger partial charge in [0.25, 0.3) is 0 Å². The zero-order valence-corrected chi connectivity index (χ0v) is 8.20. The molecule has 0 aliphatic heterocycles. The SMILES string of the molecule is C#Cc1ccccc1OC1CCCC1. The molecule has 0 atom stereocenters. The van der Waals surface area contributed by atoms with Crippen LogP contribution in [0.1, 0.15) is 31.2 Å². The van der Waals surface area contributed by atoms with E-state index in [1.54, 1.807) is 0 Å². The fraction of sp³-hybridized carbons (Fsp3) is 0.385. The third-order valence-electron chi connectivity index (χ3n) is 2.64. The summed E-state index contributed by atoms with van der Waals surface area (Å²) in [5, 5.41) is 0. The fourth-order valence-corrected chi connectivity index (χ4v) is 1.87. The van der Waals surface area contributed by atoms with Crippen molar-refractivity contribution in [2.24, 2.45) is 0 Å². The van der Waals surface area contributed by atoms with Crippen LogP contribution in [0.25, 0.3) is 0 Å². The summed E-state index contributed by atoms with van der Waals surface area (Å²) >= 11 is 0. The molecule has 1 aliphatic rings. The molecule has 1 aliphatic carbocycles. The van der Waals surface area contributed by atoms with Crippen LogP contribution in [-0.4, -0.2) is 6.10 Å². The lowest BCUT2D eigenvalue weighted by Gasteiger charge is -2.14. The molecule has 1 aromatic carbocycles. The summed E-state index contributed by atoms with van der Waals surface area (Å²) in [4.78, 5) is 0. The van der Waals surface area contributed by atoms with Crippen LogP contribution >= 0.6 is 0 Å². The first kappa shape index (κ1) is 9.15.